The Labute approximate surface area is 73.9 Å². The van der Waals surface area contributed by atoms with E-state index in [2.05, 4.69) is 11.8 Å². The van der Waals surface area contributed by atoms with Gasteiger partial charge in [0.1, 0.15) is 5.78 Å². The maximum Gasteiger partial charge on any atom is 0.148 e. The van der Waals surface area contributed by atoms with E-state index >= 15 is 0 Å². The molecule has 2 nitrogen and oxygen atoms in total. The van der Waals surface area contributed by atoms with Crippen LogP contribution in [-0.4, -0.2) is 29.8 Å². The fourth-order valence-electron chi connectivity index (χ4n) is 2.47. The van der Waals surface area contributed by atoms with Crippen LogP contribution >= 0.6 is 0 Å². The number of Topliss-reactive ketones (excluding diaryl/α,β-unsaturated/α-hetero) is 1. The van der Waals surface area contributed by atoms with Gasteiger partial charge in [0, 0.05) is 19.0 Å². The van der Waals surface area contributed by atoms with E-state index in [1.54, 1.807) is 0 Å². The van der Waals surface area contributed by atoms with E-state index in [1.165, 1.54) is 19.3 Å². The van der Waals surface area contributed by atoms with Gasteiger partial charge in [-0.25, -0.2) is 0 Å². The normalized spacial score (nSPS) is 37.9. The van der Waals surface area contributed by atoms with Crippen LogP contribution in [0.15, 0.2) is 0 Å². The molecule has 0 N–H and O–H groups in total. The molecule has 1 aliphatic heterocycles. The monoisotopic (exact) mass is 167 g/mol. The standard InChI is InChI=1S/C10H17NO/c1-8-2-3-9(6-8)11-5-4-10(12)7-11/h8-9H,2-7H2,1H3. The number of carbonyl (C=O) groups is 1. The first-order valence-corrected chi connectivity index (χ1v) is 5.01. The molecule has 0 radical (unpaired) electrons. The van der Waals surface area contributed by atoms with Gasteiger partial charge in [-0.2, -0.15) is 0 Å². The van der Waals surface area contributed by atoms with Crippen LogP contribution in [0.4, 0.5) is 0 Å². The quantitative estimate of drug-likeness (QED) is 0.589. The Bertz CT molecular complexity index is 190. The van der Waals surface area contributed by atoms with Gasteiger partial charge in [-0.3, -0.25) is 9.69 Å². The van der Waals surface area contributed by atoms with Gasteiger partial charge in [0.05, 0.1) is 6.54 Å². The number of likely N-dealkylation sites (tertiary alicyclic amines) is 1. The summed E-state index contributed by atoms with van der Waals surface area (Å²) in [6.45, 7) is 4.07. The van der Waals surface area contributed by atoms with Crippen LogP contribution in [0.25, 0.3) is 0 Å². The zero-order valence-corrected chi connectivity index (χ0v) is 7.75. The SMILES string of the molecule is CC1CCC(N2CCC(=O)C2)C1. The van der Waals surface area contributed by atoms with Crippen LogP contribution in [0.3, 0.4) is 0 Å². The molecule has 1 aliphatic carbocycles. The van der Waals surface area contributed by atoms with Crippen LogP contribution in [0, 0.1) is 5.92 Å². The van der Waals surface area contributed by atoms with Crippen molar-refractivity contribution in [2.75, 3.05) is 13.1 Å². The molecular weight excluding hydrogens is 150 g/mol. The predicted molar refractivity (Wildman–Crippen MR) is 48.0 cm³/mol. The summed E-state index contributed by atoms with van der Waals surface area (Å²) in [6, 6.07) is 0.728. The molecule has 2 unspecified atom stereocenters. The Morgan fingerprint density at radius 1 is 1.42 bits per heavy atom. The summed E-state index contributed by atoms with van der Waals surface area (Å²) in [5.41, 5.74) is 0. The topological polar surface area (TPSA) is 20.3 Å². The van der Waals surface area contributed by atoms with Crippen LogP contribution in [0.2, 0.25) is 0 Å². The molecule has 1 heterocycles. The minimum Gasteiger partial charge on any atom is -0.298 e. The lowest BCUT2D eigenvalue weighted by Crippen LogP contribution is -2.31. The number of hydrogen-bond acceptors (Lipinski definition) is 2. The summed E-state index contributed by atoms with van der Waals surface area (Å²) in [4.78, 5) is 13.4. The van der Waals surface area contributed by atoms with Crippen LogP contribution in [0.1, 0.15) is 32.6 Å². The van der Waals surface area contributed by atoms with Gasteiger partial charge in [0.2, 0.25) is 0 Å². The third-order valence-electron chi connectivity index (χ3n) is 3.24. The lowest BCUT2D eigenvalue weighted by atomic mass is 10.1. The van der Waals surface area contributed by atoms with Crippen molar-refractivity contribution >= 4 is 5.78 Å². The molecule has 1 saturated heterocycles. The Morgan fingerprint density at radius 2 is 2.25 bits per heavy atom. The first-order valence-electron chi connectivity index (χ1n) is 5.01. The molecule has 0 amide bonds. The Balaban J connectivity index is 1.89. The maximum absolute atomic E-state index is 11.1. The highest BCUT2D eigenvalue weighted by Gasteiger charge is 2.30. The van der Waals surface area contributed by atoms with Crippen molar-refractivity contribution < 1.29 is 4.79 Å². The Hall–Kier alpha value is -0.370. The molecule has 0 aromatic rings. The molecule has 2 atom stereocenters. The lowest BCUT2D eigenvalue weighted by molar-refractivity contribution is -0.117. The van der Waals surface area contributed by atoms with Gasteiger partial charge in [-0.15, -0.1) is 0 Å². The van der Waals surface area contributed by atoms with E-state index in [0.29, 0.717) is 5.78 Å². The number of ketones is 1. The molecular formula is C10H17NO. The highest BCUT2D eigenvalue weighted by atomic mass is 16.1. The summed E-state index contributed by atoms with van der Waals surface area (Å²) >= 11 is 0. The number of carbonyl (C=O) groups excluding carboxylic acids is 1. The number of hydrogen-bond donors (Lipinski definition) is 0. The van der Waals surface area contributed by atoms with Gasteiger partial charge in [0.25, 0.3) is 0 Å². The van der Waals surface area contributed by atoms with E-state index in [1.807, 2.05) is 0 Å². The van der Waals surface area contributed by atoms with Crippen molar-refractivity contribution in [3.05, 3.63) is 0 Å². The molecule has 2 aliphatic rings. The van der Waals surface area contributed by atoms with Crippen molar-refractivity contribution in [3.63, 3.8) is 0 Å². The van der Waals surface area contributed by atoms with E-state index in [0.717, 1.165) is 31.5 Å². The second kappa shape index (κ2) is 3.17. The number of rotatable bonds is 1. The van der Waals surface area contributed by atoms with E-state index in [4.69, 9.17) is 0 Å². The average molecular weight is 167 g/mol. The predicted octanol–water partition coefficient (Wildman–Crippen LogP) is 1.45. The van der Waals surface area contributed by atoms with Gasteiger partial charge in [-0.1, -0.05) is 6.92 Å². The molecule has 0 bridgehead atoms. The third-order valence-corrected chi connectivity index (χ3v) is 3.24. The van der Waals surface area contributed by atoms with Crippen LogP contribution in [-0.2, 0) is 4.79 Å². The lowest BCUT2D eigenvalue weighted by Gasteiger charge is -2.21. The second-order valence-corrected chi connectivity index (χ2v) is 4.33. The van der Waals surface area contributed by atoms with Crippen LogP contribution in [0.5, 0.6) is 0 Å². The van der Waals surface area contributed by atoms with Crippen molar-refractivity contribution in [2.45, 2.75) is 38.6 Å². The van der Waals surface area contributed by atoms with Crippen molar-refractivity contribution in [3.8, 4) is 0 Å². The largest absolute Gasteiger partial charge is 0.298 e. The zero-order chi connectivity index (χ0) is 8.55. The maximum atomic E-state index is 11.1. The molecule has 2 fully saturated rings. The molecule has 0 aromatic heterocycles. The summed E-state index contributed by atoms with van der Waals surface area (Å²) in [6.07, 6.45) is 4.78. The van der Waals surface area contributed by atoms with Crippen molar-refractivity contribution in [1.82, 2.24) is 4.90 Å². The van der Waals surface area contributed by atoms with E-state index in [-0.39, 0.29) is 0 Å². The van der Waals surface area contributed by atoms with Crippen molar-refractivity contribution in [1.29, 1.82) is 0 Å². The number of nitrogens with zero attached hydrogens (tertiary/aromatic N) is 1. The highest BCUT2D eigenvalue weighted by molar-refractivity contribution is 5.82. The molecule has 12 heavy (non-hydrogen) atoms. The molecule has 1 saturated carbocycles. The fourth-order valence-corrected chi connectivity index (χ4v) is 2.47. The van der Waals surface area contributed by atoms with Crippen LogP contribution < -0.4 is 0 Å². The minimum atomic E-state index is 0.439. The van der Waals surface area contributed by atoms with E-state index in [9.17, 15) is 4.79 Å². The van der Waals surface area contributed by atoms with Gasteiger partial charge < -0.3 is 0 Å². The molecule has 2 heteroatoms. The minimum absolute atomic E-state index is 0.439. The van der Waals surface area contributed by atoms with Crippen molar-refractivity contribution in [2.24, 2.45) is 5.92 Å². The summed E-state index contributed by atoms with van der Waals surface area (Å²) < 4.78 is 0. The molecule has 2 rings (SSSR count). The fraction of sp³-hybridized carbons (Fsp3) is 0.900. The Kier molecular flexibility index (Phi) is 2.18. The highest BCUT2D eigenvalue weighted by Crippen LogP contribution is 2.29. The second-order valence-electron chi connectivity index (χ2n) is 4.33. The Morgan fingerprint density at radius 3 is 2.75 bits per heavy atom. The zero-order valence-electron chi connectivity index (χ0n) is 7.75. The first kappa shape index (κ1) is 8.24. The van der Waals surface area contributed by atoms with Gasteiger partial charge in [-0.05, 0) is 25.2 Å². The van der Waals surface area contributed by atoms with Gasteiger partial charge >= 0.3 is 0 Å². The molecule has 68 valence electrons. The molecule has 0 aromatic carbocycles. The summed E-state index contributed by atoms with van der Waals surface area (Å²) in [7, 11) is 0. The summed E-state index contributed by atoms with van der Waals surface area (Å²) in [5, 5.41) is 0. The third kappa shape index (κ3) is 1.53. The molecule has 0 spiro atoms. The first-order chi connectivity index (χ1) is 5.75. The van der Waals surface area contributed by atoms with Gasteiger partial charge in [0.15, 0.2) is 0 Å². The average Bonchev–Trinajstić information content (AvgIpc) is 2.58. The smallest absolute Gasteiger partial charge is 0.148 e. The van der Waals surface area contributed by atoms with E-state index < -0.39 is 0 Å². The summed E-state index contributed by atoms with van der Waals surface area (Å²) in [5.74, 6) is 1.32.